The molecule has 3 rings (SSSR count). The number of rotatable bonds is 4. The van der Waals surface area contributed by atoms with Crippen molar-refractivity contribution in [2.45, 2.75) is 43.9 Å². The van der Waals surface area contributed by atoms with E-state index in [2.05, 4.69) is 26.1 Å². The highest BCUT2D eigenvalue weighted by molar-refractivity contribution is 7.89. The van der Waals surface area contributed by atoms with Gasteiger partial charge in [-0.25, -0.2) is 8.42 Å². The second-order valence-corrected chi connectivity index (χ2v) is 10.8. The van der Waals surface area contributed by atoms with E-state index >= 15 is 0 Å². The number of nitrogens with one attached hydrogen (secondary N) is 1. The van der Waals surface area contributed by atoms with Crippen LogP contribution in [0.25, 0.3) is 0 Å². The molecule has 2 aromatic carbocycles. The lowest BCUT2D eigenvalue weighted by Crippen LogP contribution is -2.41. The Balaban J connectivity index is 1.65. The molecule has 1 amide bonds. The van der Waals surface area contributed by atoms with Gasteiger partial charge in [0.2, 0.25) is 15.9 Å². The van der Waals surface area contributed by atoms with Crippen molar-refractivity contribution in [3.63, 3.8) is 0 Å². The lowest BCUT2D eigenvalue weighted by Gasteiger charge is -2.31. The van der Waals surface area contributed by atoms with Gasteiger partial charge in [-0.2, -0.15) is 4.31 Å². The van der Waals surface area contributed by atoms with Gasteiger partial charge in [-0.05, 0) is 54.2 Å². The lowest BCUT2D eigenvalue weighted by atomic mass is 9.85. The summed E-state index contributed by atoms with van der Waals surface area (Å²) in [6.07, 6.45) is 0.993. The average Bonchev–Trinajstić information content (AvgIpc) is 2.68. The molecule has 1 aliphatic heterocycles. The van der Waals surface area contributed by atoms with Crippen LogP contribution in [0.2, 0.25) is 5.02 Å². The smallest absolute Gasteiger partial charge is 0.243 e. The monoisotopic (exact) mass is 434 g/mol. The number of amides is 1. The Hall–Kier alpha value is -1.89. The molecule has 29 heavy (non-hydrogen) atoms. The molecule has 0 spiro atoms. The van der Waals surface area contributed by atoms with Crippen LogP contribution in [0.15, 0.2) is 53.4 Å². The van der Waals surface area contributed by atoms with Crippen molar-refractivity contribution in [2.75, 3.05) is 18.4 Å². The number of anilines is 1. The van der Waals surface area contributed by atoms with Gasteiger partial charge in [0.15, 0.2) is 0 Å². The number of piperidine rings is 1. The molecule has 1 heterocycles. The van der Waals surface area contributed by atoms with E-state index in [1.807, 2.05) is 24.3 Å². The van der Waals surface area contributed by atoms with Crippen LogP contribution in [0, 0.1) is 5.92 Å². The highest BCUT2D eigenvalue weighted by Gasteiger charge is 2.32. The van der Waals surface area contributed by atoms with Crippen molar-refractivity contribution in [3.8, 4) is 0 Å². The number of nitrogens with zero attached hydrogens (tertiary/aromatic N) is 1. The number of sulfonamides is 1. The zero-order valence-electron chi connectivity index (χ0n) is 17.0. The second-order valence-electron chi connectivity index (χ2n) is 8.42. The molecule has 1 saturated heterocycles. The van der Waals surface area contributed by atoms with Gasteiger partial charge in [0.1, 0.15) is 0 Å². The second kappa shape index (κ2) is 8.46. The van der Waals surface area contributed by atoms with Crippen molar-refractivity contribution >= 4 is 33.2 Å². The maximum absolute atomic E-state index is 12.8. The zero-order chi connectivity index (χ0) is 21.2. The first-order valence-corrected chi connectivity index (χ1v) is 11.6. The van der Waals surface area contributed by atoms with E-state index < -0.39 is 10.0 Å². The molecule has 1 N–H and O–H groups in total. The van der Waals surface area contributed by atoms with E-state index in [-0.39, 0.29) is 22.1 Å². The summed E-state index contributed by atoms with van der Waals surface area (Å²) in [5, 5.41) is 3.55. The summed E-state index contributed by atoms with van der Waals surface area (Å²) >= 11 is 5.85. The molecular weight excluding hydrogens is 408 g/mol. The highest BCUT2D eigenvalue weighted by atomic mass is 35.5. The summed E-state index contributed by atoms with van der Waals surface area (Å²) in [5.74, 6) is -0.259. The van der Waals surface area contributed by atoms with Gasteiger partial charge in [0, 0.05) is 29.7 Å². The number of para-hydroxylation sites is 1. The molecule has 0 bridgehead atoms. The summed E-state index contributed by atoms with van der Waals surface area (Å²) in [6.45, 7) is 6.97. The van der Waals surface area contributed by atoms with Crippen molar-refractivity contribution in [1.82, 2.24) is 4.31 Å². The Kier molecular flexibility index (Phi) is 6.36. The predicted octanol–water partition coefficient (Wildman–Crippen LogP) is 4.68. The third kappa shape index (κ3) is 5.00. The van der Waals surface area contributed by atoms with Crippen LogP contribution < -0.4 is 5.32 Å². The summed E-state index contributed by atoms with van der Waals surface area (Å²) in [7, 11) is -3.57. The van der Waals surface area contributed by atoms with Crippen LogP contribution in [0.4, 0.5) is 5.69 Å². The quantitative estimate of drug-likeness (QED) is 0.759. The number of carbonyl (C=O) groups is 1. The van der Waals surface area contributed by atoms with E-state index in [9.17, 15) is 13.2 Å². The highest BCUT2D eigenvalue weighted by Crippen LogP contribution is 2.31. The normalized spacial score (nSPS) is 16.6. The van der Waals surface area contributed by atoms with Crippen molar-refractivity contribution in [3.05, 3.63) is 59.1 Å². The molecule has 0 aromatic heterocycles. The van der Waals surface area contributed by atoms with Gasteiger partial charge in [-0.1, -0.05) is 50.6 Å². The summed E-state index contributed by atoms with van der Waals surface area (Å²) in [5.41, 5.74) is 1.82. The molecule has 1 fully saturated rings. The van der Waals surface area contributed by atoms with Crippen molar-refractivity contribution in [2.24, 2.45) is 5.92 Å². The van der Waals surface area contributed by atoms with Gasteiger partial charge < -0.3 is 5.32 Å². The number of halogens is 1. The number of carbonyl (C=O) groups excluding carboxylic acids is 1. The van der Waals surface area contributed by atoms with Crippen LogP contribution in [-0.4, -0.2) is 31.7 Å². The number of hydrogen-bond acceptors (Lipinski definition) is 3. The molecular formula is C22H27ClN2O3S. The first kappa shape index (κ1) is 21.8. The maximum atomic E-state index is 12.8. The van der Waals surface area contributed by atoms with Crippen LogP contribution >= 0.6 is 11.6 Å². The van der Waals surface area contributed by atoms with Crippen molar-refractivity contribution < 1.29 is 13.2 Å². The van der Waals surface area contributed by atoms with Crippen LogP contribution in [0.5, 0.6) is 0 Å². The number of benzene rings is 2. The Morgan fingerprint density at radius 1 is 1.03 bits per heavy atom. The van der Waals surface area contributed by atoms with E-state index in [0.717, 1.165) is 11.3 Å². The minimum atomic E-state index is -3.57. The molecule has 0 unspecified atom stereocenters. The largest absolute Gasteiger partial charge is 0.326 e. The van der Waals surface area contributed by atoms with E-state index in [1.165, 1.54) is 16.4 Å². The minimum Gasteiger partial charge on any atom is -0.326 e. The van der Waals surface area contributed by atoms with Crippen LogP contribution in [0.3, 0.4) is 0 Å². The predicted molar refractivity (Wildman–Crippen MR) is 117 cm³/mol. The van der Waals surface area contributed by atoms with Gasteiger partial charge in [-0.15, -0.1) is 0 Å². The summed E-state index contributed by atoms with van der Waals surface area (Å²) in [4.78, 5) is 13.0. The fraction of sp³-hybridized carbons (Fsp3) is 0.409. The topological polar surface area (TPSA) is 66.5 Å². The Labute approximate surface area is 178 Å². The number of hydrogen-bond donors (Lipinski definition) is 1. The van der Waals surface area contributed by atoms with Gasteiger partial charge in [-0.3, -0.25) is 4.79 Å². The first-order valence-electron chi connectivity index (χ1n) is 9.75. The molecule has 0 aliphatic carbocycles. The molecule has 5 nitrogen and oxygen atoms in total. The van der Waals surface area contributed by atoms with Gasteiger partial charge >= 0.3 is 0 Å². The summed E-state index contributed by atoms with van der Waals surface area (Å²) in [6, 6.07) is 14.0. The Bertz CT molecular complexity index is 974. The molecule has 0 saturated carbocycles. The molecule has 0 atom stereocenters. The molecule has 156 valence electrons. The molecule has 2 aromatic rings. The molecule has 1 aliphatic rings. The van der Waals surface area contributed by atoms with Gasteiger partial charge in [0.25, 0.3) is 0 Å². The molecule has 0 radical (unpaired) electrons. The maximum Gasteiger partial charge on any atom is 0.243 e. The van der Waals surface area contributed by atoms with E-state index in [4.69, 9.17) is 11.6 Å². The van der Waals surface area contributed by atoms with Crippen LogP contribution in [-0.2, 0) is 20.2 Å². The van der Waals surface area contributed by atoms with Crippen molar-refractivity contribution in [1.29, 1.82) is 0 Å². The van der Waals surface area contributed by atoms with Gasteiger partial charge in [0.05, 0.1) is 4.90 Å². The Morgan fingerprint density at radius 3 is 2.21 bits per heavy atom. The van der Waals surface area contributed by atoms with E-state index in [1.54, 1.807) is 12.1 Å². The minimum absolute atomic E-state index is 0.0507. The lowest BCUT2D eigenvalue weighted by molar-refractivity contribution is -0.120. The van der Waals surface area contributed by atoms with Crippen LogP contribution in [0.1, 0.15) is 39.2 Å². The fourth-order valence-electron chi connectivity index (χ4n) is 3.59. The summed E-state index contributed by atoms with van der Waals surface area (Å²) < 4.78 is 27.1. The Morgan fingerprint density at radius 2 is 1.62 bits per heavy atom. The fourth-order valence-corrected chi connectivity index (χ4v) is 5.19. The first-order chi connectivity index (χ1) is 13.6. The van der Waals surface area contributed by atoms with E-state index in [0.29, 0.717) is 31.0 Å². The molecule has 7 heteroatoms. The third-order valence-corrected chi connectivity index (χ3v) is 7.43. The zero-order valence-corrected chi connectivity index (χ0v) is 18.6. The average molecular weight is 435 g/mol. The SMILES string of the molecule is CC(C)(C)c1ccccc1NC(=O)C1CCN(S(=O)(=O)c2ccc(Cl)cc2)CC1. The third-order valence-electron chi connectivity index (χ3n) is 5.27. The standard InChI is InChI=1S/C22H27ClN2O3S/c1-22(2,3)19-6-4-5-7-20(19)24-21(26)16-12-14-25(15-13-16)29(27,28)18-10-8-17(23)9-11-18/h4-11,16H,12-15H2,1-3H3,(H,24,26).